The van der Waals surface area contributed by atoms with Crippen LogP contribution in [0.2, 0.25) is 0 Å². The Morgan fingerprint density at radius 2 is 1.96 bits per heavy atom. The number of hydrogen-bond acceptors (Lipinski definition) is 2. The van der Waals surface area contributed by atoms with E-state index in [1.54, 1.807) is 12.4 Å². The maximum atomic E-state index is 12.8. The van der Waals surface area contributed by atoms with Crippen molar-refractivity contribution in [3.8, 4) is 0 Å². The number of carbonyl (C=O) groups is 1. The Balaban J connectivity index is 1.56. The molecule has 1 unspecified atom stereocenters. The summed E-state index contributed by atoms with van der Waals surface area (Å²) < 4.78 is 2.04. The third-order valence-electron chi connectivity index (χ3n) is 4.65. The van der Waals surface area contributed by atoms with Gasteiger partial charge in [0.2, 0.25) is 5.91 Å². The van der Waals surface area contributed by atoms with E-state index in [1.165, 1.54) is 10.9 Å². The molecule has 1 fully saturated rings. The van der Waals surface area contributed by atoms with E-state index < -0.39 is 0 Å². The van der Waals surface area contributed by atoms with Crippen LogP contribution < -0.4 is 0 Å². The van der Waals surface area contributed by atoms with Crippen molar-refractivity contribution in [1.82, 2.24) is 14.5 Å². The second kappa shape index (κ2) is 5.88. The van der Waals surface area contributed by atoms with Crippen molar-refractivity contribution in [3.63, 3.8) is 0 Å². The molecule has 2 aromatic heterocycles. The Labute approximate surface area is 135 Å². The molecule has 0 N–H and O–H groups in total. The number of benzene rings is 1. The van der Waals surface area contributed by atoms with Gasteiger partial charge >= 0.3 is 0 Å². The maximum absolute atomic E-state index is 12.8. The lowest BCUT2D eigenvalue weighted by Gasteiger charge is -2.25. The molecule has 1 aromatic carbocycles. The Morgan fingerprint density at radius 1 is 1.13 bits per heavy atom. The minimum atomic E-state index is 0.186. The Morgan fingerprint density at radius 3 is 2.83 bits per heavy atom. The number of fused-ring (bicyclic) bond motifs is 1. The van der Waals surface area contributed by atoms with E-state index in [1.807, 2.05) is 39.9 Å². The van der Waals surface area contributed by atoms with Crippen LogP contribution in [0.5, 0.6) is 0 Å². The van der Waals surface area contributed by atoms with E-state index in [0.29, 0.717) is 6.54 Å². The molecule has 0 aliphatic carbocycles. The molecule has 0 spiro atoms. The Bertz CT molecular complexity index is 825. The Kier molecular flexibility index (Phi) is 3.58. The van der Waals surface area contributed by atoms with Crippen molar-refractivity contribution in [1.29, 1.82) is 0 Å². The molecule has 4 nitrogen and oxygen atoms in total. The first-order chi connectivity index (χ1) is 11.3. The molecule has 116 valence electrons. The molecule has 1 aliphatic heterocycles. The van der Waals surface area contributed by atoms with Crippen molar-refractivity contribution in [2.45, 2.75) is 25.4 Å². The molecular weight excluding hydrogens is 286 g/mol. The van der Waals surface area contributed by atoms with E-state index in [9.17, 15) is 4.79 Å². The predicted octanol–water partition coefficient (Wildman–Crippen LogP) is 3.40. The number of pyridine rings is 1. The van der Waals surface area contributed by atoms with Crippen LogP contribution in [0, 0.1) is 0 Å². The molecule has 1 atom stereocenters. The lowest BCUT2D eigenvalue weighted by Crippen LogP contribution is -2.33. The number of likely N-dealkylation sites (tertiary alicyclic amines) is 1. The topological polar surface area (TPSA) is 38.1 Å². The summed E-state index contributed by atoms with van der Waals surface area (Å²) in [6, 6.07) is 14.5. The zero-order chi connectivity index (χ0) is 15.6. The summed E-state index contributed by atoms with van der Waals surface area (Å²) in [6.45, 7) is 1.24. The normalized spacial score (nSPS) is 17.7. The summed E-state index contributed by atoms with van der Waals surface area (Å²) in [5, 5.41) is 1.17. The number of aromatic nitrogens is 2. The molecule has 0 bridgehead atoms. The van der Waals surface area contributed by atoms with Crippen LogP contribution >= 0.6 is 0 Å². The van der Waals surface area contributed by atoms with Gasteiger partial charge in [0.05, 0.1) is 6.04 Å². The first-order valence-electron chi connectivity index (χ1n) is 8.06. The summed E-state index contributed by atoms with van der Waals surface area (Å²) in [5.74, 6) is 0.186. The summed E-state index contributed by atoms with van der Waals surface area (Å²) >= 11 is 0. The van der Waals surface area contributed by atoms with E-state index in [2.05, 4.69) is 23.2 Å². The van der Waals surface area contributed by atoms with E-state index in [-0.39, 0.29) is 11.9 Å². The molecule has 1 aliphatic rings. The second-order valence-corrected chi connectivity index (χ2v) is 6.03. The van der Waals surface area contributed by atoms with Crippen molar-refractivity contribution in [2.75, 3.05) is 6.54 Å². The fourth-order valence-corrected chi connectivity index (χ4v) is 3.51. The zero-order valence-corrected chi connectivity index (χ0v) is 12.9. The standard InChI is InChI=1S/C19H19N3O/c23-19(14-21-13-9-15-4-1-2-5-17(15)21)22-12-3-6-18(22)16-7-10-20-11-8-16/h1-2,4-5,7-11,13,18H,3,6,12,14H2. The van der Waals surface area contributed by atoms with Crippen molar-refractivity contribution in [2.24, 2.45) is 0 Å². The van der Waals surface area contributed by atoms with Crippen LogP contribution in [0.25, 0.3) is 10.9 Å². The van der Waals surface area contributed by atoms with Crippen LogP contribution in [0.4, 0.5) is 0 Å². The quantitative estimate of drug-likeness (QED) is 0.744. The SMILES string of the molecule is O=C(Cn1ccc2ccccc21)N1CCCC1c1ccncc1. The van der Waals surface area contributed by atoms with E-state index in [4.69, 9.17) is 0 Å². The molecule has 3 heterocycles. The highest BCUT2D eigenvalue weighted by Gasteiger charge is 2.29. The van der Waals surface area contributed by atoms with Gasteiger partial charge in [0.25, 0.3) is 0 Å². The van der Waals surface area contributed by atoms with Crippen molar-refractivity contribution < 1.29 is 4.79 Å². The Hall–Kier alpha value is -2.62. The molecule has 0 saturated carbocycles. The molecular formula is C19H19N3O. The molecule has 1 saturated heterocycles. The van der Waals surface area contributed by atoms with Crippen molar-refractivity contribution in [3.05, 3.63) is 66.6 Å². The first kappa shape index (κ1) is 14.0. The number of para-hydroxylation sites is 1. The van der Waals surface area contributed by atoms with E-state index >= 15 is 0 Å². The maximum Gasteiger partial charge on any atom is 0.243 e. The van der Waals surface area contributed by atoms with Gasteiger partial charge in [-0.1, -0.05) is 18.2 Å². The number of hydrogen-bond donors (Lipinski definition) is 0. The largest absolute Gasteiger partial charge is 0.338 e. The average molecular weight is 305 g/mol. The highest BCUT2D eigenvalue weighted by atomic mass is 16.2. The molecule has 23 heavy (non-hydrogen) atoms. The summed E-state index contributed by atoms with van der Waals surface area (Å²) in [5.41, 5.74) is 2.30. The fraction of sp³-hybridized carbons (Fsp3) is 0.263. The number of carbonyl (C=O) groups excluding carboxylic acids is 1. The summed E-state index contributed by atoms with van der Waals surface area (Å²) in [7, 11) is 0. The van der Waals surface area contributed by atoms with Crippen LogP contribution in [0.15, 0.2) is 61.1 Å². The van der Waals surface area contributed by atoms with Gasteiger partial charge in [0.15, 0.2) is 0 Å². The predicted molar refractivity (Wildman–Crippen MR) is 89.9 cm³/mol. The molecule has 1 amide bonds. The number of nitrogens with zero attached hydrogens (tertiary/aromatic N) is 3. The lowest BCUT2D eigenvalue weighted by atomic mass is 10.1. The minimum absolute atomic E-state index is 0.186. The molecule has 4 heteroatoms. The van der Waals surface area contributed by atoms with Gasteiger partial charge in [-0.05, 0) is 48.1 Å². The van der Waals surface area contributed by atoms with Gasteiger partial charge in [-0.25, -0.2) is 0 Å². The van der Waals surface area contributed by atoms with Crippen LogP contribution in [-0.2, 0) is 11.3 Å². The van der Waals surface area contributed by atoms with Crippen LogP contribution in [-0.4, -0.2) is 26.9 Å². The van der Waals surface area contributed by atoms with Gasteiger partial charge in [0, 0.05) is 30.7 Å². The van der Waals surface area contributed by atoms with Crippen LogP contribution in [0.3, 0.4) is 0 Å². The number of amides is 1. The van der Waals surface area contributed by atoms with E-state index in [0.717, 1.165) is 24.9 Å². The highest BCUT2D eigenvalue weighted by Crippen LogP contribution is 2.31. The zero-order valence-electron chi connectivity index (χ0n) is 12.9. The highest BCUT2D eigenvalue weighted by molar-refractivity contribution is 5.83. The molecule has 3 aromatic rings. The first-order valence-corrected chi connectivity index (χ1v) is 8.06. The molecule has 4 rings (SSSR count). The average Bonchev–Trinajstić information content (AvgIpc) is 3.23. The number of rotatable bonds is 3. The van der Waals surface area contributed by atoms with Gasteiger partial charge in [0.1, 0.15) is 6.54 Å². The minimum Gasteiger partial charge on any atom is -0.338 e. The molecule has 0 radical (unpaired) electrons. The third-order valence-corrected chi connectivity index (χ3v) is 4.65. The van der Waals surface area contributed by atoms with Crippen LogP contribution in [0.1, 0.15) is 24.4 Å². The smallest absolute Gasteiger partial charge is 0.243 e. The lowest BCUT2D eigenvalue weighted by molar-refractivity contribution is -0.132. The third kappa shape index (κ3) is 2.61. The van der Waals surface area contributed by atoms with Gasteiger partial charge in [-0.2, -0.15) is 0 Å². The monoisotopic (exact) mass is 305 g/mol. The van der Waals surface area contributed by atoms with Crippen molar-refractivity contribution >= 4 is 16.8 Å². The van der Waals surface area contributed by atoms with Gasteiger partial charge in [-0.3, -0.25) is 9.78 Å². The van der Waals surface area contributed by atoms with Gasteiger partial charge < -0.3 is 9.47 Å². The summed E-state index contributed by atoms with van der Waals surface area (Å²) in [4.78, 5) is 18.9. The van der Waals surface area contributed by atoms with Gasteiger partial charge in [-0.15, -0.1) is 0 Å². The second-order valence-electron chi connectivity index (χ2n) is 6.03. The fourth-order valence-electron chi connectivity index (χ4n) is 3.51. The summed E-state index contributed by atoms with van der Waals surface area (Å²) in [6.07, 6.45) is 7.69.